The first-order chi connectivity index (χ1) is 5.79. The van der Waals surface area contributed by atoms with Crippen molar-refractivity contribution in [2.75, 3.05) is 12.3 Å². The number of H-pyrrole nitrogens is 1. The molecule has 2 heterocycles. The van der Waals surface area contributed by atoms with Crippen molar-refractivity contribution in [2.24, 2.45) is 0 Å². The van der Waals surface area contributed by atoms with Gasteiger partial charge in [-0.1, -0.05) is 0 Å². The van der Waals surface area contributed by atoms with Gasteiger partial charge in [0.05, 0.1) is 0 Å². The fraction of sp³-hybridized carbons (Fsp3) is 0.571. The van der Waals surface area contributed by atoms with Crippen LogP contribution in [0.25, 0.3) is 0 Å². The lowest BCUT2D eigenvalue weighted by atomic mass is 10.2. The highest BCUT2D eigenvalue weighted by Crippen LogP contribution is 2.29. The molecule has 0 aliphatic carbocycles. The molecule has 0 bridgehead atoms. The molecule has 2 rings (SSSR count). The van der Waals surface area contributed by atoms with Gasteiger partial charge in [-0.25, -0.2) is 4.39 Å². The Kier molecular flexibility index (Phi) is 1.73. The SMILES string of the molecule is Nc1n[nH]c(C2CCCO2)c1F. The predicted octanol–water partition coefficient (Wildman–Crippen LogP) is 0.982. The number of anilines is 1. The van der Waals surface area contributed by atoms with Crippen LogP contribution in [0.5, 0.6) is 0 Å². The molecular weight excluding hydrogens is 161 g/mol. The van der Waals surface area contributed by atoms with Crippen LogP contribution in [0.2, 0.25) is 0 Å². The first-order valence-electron chi connectivity index (χ1n) is 3.90. The number of aromatic nitrogens is 2. The molecule has 1 fully saturated rings. The van der Waals surface area contributed by atoms with Gasteiger partial charge in [-0.15, -0.1) is 0 Å². The van der Waals surface area contributed by atoms with E-state index in [0.29, 0.717) is 12.3 Å². The minimum absolute atomic E-state index is 0.0829. The molecule has 0 amide bonds. The number of ether oxygens (including phenoxy) is 1. The average molecular weight is 171 g/mol. The fourth-order valence-electron chi connectivity index (χ4n) is 1.38. The zero-order valence-electron chi connectivity index (χ0n) is 6.51. The molecule has 0 spiro atoms. The molecule has 1 aliphatic heterocycles. The van der Waals surface area contributed by atoms with Gasteiger partial charge in [0.1, 0.15) is 11.8 Å². The molecule has 0 radical (unpaired) electrons. The third-order valence-corrected chi connectivity index (χ3v) is 2.01. The first kappa shape index (κ1) is 7.54. The summed E-state index contributed by atoms with van der Waals surface area (Å²) in [5.41, 5.74) is 5.61. The summed E-state index contributed by atoms with van der Waals surface area (Å²) in [5, 5.41) is 6.10. The molecule has 1 unspecified atom stereocenters. The molecule has 5 heteroatoms. The largest absolute Gasteiger partial charge is 0.380 e. The summed E-state index contributed by atoms with van der Waals surface area (Å²) in [4.78, 5) is 0. The Morgan fingerprint density at radius 1 is 1.67 bits per heavy atom. The van der Waals surface area contributed by atoms with Crippen LogP contribution in [-0.2, 0) is 4.74 Å². The number of hydrogen-bond donors (Lipinski definition) is 2. The molecule has 0 aromatic carbocycles. The molecule has 3 N–H and O–H groups in total. The number of halogens is 1. The molecule has 4 nitrogen and oxygen atoms in total. The smallest absolute Gasteiger partial charge is 0.190 e. The highest BCUT2D eigenvalue weighted by atomic mass is 19.1. The topological polar surface area (TPSA) is 63.9 Å². The van der Waals surface area contributed by atoms with E-state index in [0.717, 1.165) is 12.8 Å². The molecule has 12 heavy (non-hydrogen) atoms. The summed E-state index contributed by atoms with van der Waals surface area (Å²) < 4.78 is 18.4. The zero-order valence-corrected chi connectivity index (χ0v) is 6.51. The van der Waals surface area contributed by atoms with Crippen molar-refractivity contribution in [1.82, 2.24) is 10.2 Å². The van der Waals surface area contributed by atoms with Crippen molar-refractivity contribution in [3.8, 4) is 0 Å². The molecule has 1 aliphatic rings. The van der Waals surface area contributed by atoms with E-state index in [-0.39, 0.29) is 11.9 Å². The van der Waals surface area contributed by atoms with Crippen molar-refractivity contribution < 1.29 is 9.13 Å². The van der Waals surface area contributed by atoms with Crippen LogP contribution in [0.1, 0.15) is 24.6 Å². The van der Waals surface area contributed by atoms with Crippen molar-refractivity contribution in [3.05, 3.63) is 11.5 Å². The summed E-state index contributed by atoms with van der Waals surface area (Å²) in [6.45, 7) is 0.684. The standard InChI is InChI=1S/C7H10FN3O/c8-5-6(10-11-7(5)9)4-2-1-3-12-4/h4H,1-3H2,(H3,9,10,11). The summed E-state index contributed by atoms with van der Waals surface area (Å²) >= 11 is 0. The third-order valence-electron chi connectivity index (χ3n) is 2.01. The second kappa shape index (κ2) is 2.75. The van der Waals surface area contributed by atoms with E-state index in [1.807, 2.05) is 0 Å². The third kappa shape index (κ3) is 1.06. The van der Waals surface area contributed by atoms with Gasteiger partial charge in [-0.2, -0.15) is 5.10 Å². The maximum Gasteiger partial charge on any atom is 0.190 e. The van der Waals surface area contributed by atoms with Gasteiger partial charge in [0.25, 0.3) is 0 Å². The number of nitrogen functional groups attached to an aromatic ring is 1. The van der Waals surface area contributed by atoms with E-state index >= 15 is 0 Å². The van der Waals surface area contributed by atoms with Crippen LogP contribution >= 0.6 is 0 Å². The highest BCUT2D eigenvalue weighted by Gasteiger charge is 2.24. The van der Waals surface area contributed by atoms with Gasteiger partial charge < -0.3 is 10.5 Å². The van der Waals surface area contributed by atoms with Crippen LogP contribution < -0.4 is 5.73 Å². The minimum Gasteiger partial charge on any atom is -0.380 e. The van der Waals surface area contributed by atoms with Crippen molar-refractivity contribution in [2.45, 2.75) is 18.9 Å². The summed E-state index contributed by atoms with van der Waals surface area (Å²) in [5.74, 6) is -0.553. The molecular formula is C7H10FN3O. The number of nitrogens with zero attached hydrogens (tertiary/aromatic N) is 1. The van der Waals surface area contributed by atoms with Gasteiger partial charge in [0, 0.05) is 6.61 Å². The van der Waals surface area contributed by atoms with Gasteiger partial charge >= 0.3 is 0 Å². The minimum atomic E-state index is -0.470. The van der Waals surface area contributed by atoms with Crippen molar-refractivity contribution in [3.63, 3.8) is 0 Å². The normalized spacial score (nSPS) is 23.2. The Morgan fingerprint density at radius 3 is 3.00 bits per heavy atom. The Labute approximate surface area is 68.9 Å². The van der Waals surface area contributed by atoms with E-state index in [1.54, 1.807) is 0 Å². The highest BCUT2D eigenvalue weighted by molar-refractivity contribution is 5.32. The average Bonchev–Trinajstić information content (AvgIpc) is 2.64. The summed E-state index contributed by atoms with van der Waals surface area (Å²) in [7, 11) is 0. The van der Waals surface area contributed by atoms with E-state index in [9.17, 15) is 4.39 Å². The van der Waals surface area contributed by atoms with E-state index in [2.05, 4.69) is 10.2 Å². The molecule has 1 aromatic heterocycles. The Morgan fingerprint density at radius 2 is 2.50 bits per heavy atom. The van der Waals surface area contributed by atoms with E-state index < -0.39 is 5.82 Å². The molecule has 66 valence electrons. The number of aromatic amines is 1. The van der Waals surface area contributed by atoms with E-state index in [1.165, 1.54) is 0 Å². The second-order valence-corrected chi connectivity index (χ2v) is 2.84. The summed E-state index contributed by atoms with van der Waals surface area (Å²) in [6, 6.07) is 0. The Bertz CT molecular complexity index is 280. The molecule has 1 atom stereocenters. The van der Waals surface area contributed by atoms with Gasteiger partial charge in [0.2, 0.25) is 0 Å². The van der Waals surface area contributed by atoms with Crippen LogP contribution in [0.4, 0.5) is 10.2 Å². The van der Waals surface area contributed by atoms with Gasteiger partial charge in [-0.05, 0) is 12.8 Å². The molecule has 1 saturated heterocycles. The fourth-order valence-corrected chi connectivity index (χ4v) is 1.38. The van der Waals surface area contributed by atoms with Crippen molar-refractivity contribution in [1.29, 1.82) is 0 Å². The monoisotopic (exact) mass is 171 g/mol. The Hall–Kier alpha value is -1.10. The maximum absolute atomic E-state index is 13.1. The summed E-state index contributed by atoms with van der Waals surface area (Å²) in [6.07, 6.45) is 1.61. The van der Waals surface area contributed by atoms with E-state index in [4.69, 9.17) is 10.5 Å². The second-order valence-electron chi connectivity index (χ2n) is 2.84. The van der Waals surface area contributed by atoms with Gasteiger partial charge in [0.15, 0.2) is 11.6 Å². The first-order valence-corrected chi connectivity index (χ1v) is 3.90. The number of nitrogens with two attached hydrogens (primary N) is 1. The van der Waals surface area contributed by atoms with Crippen LogP contribution in [0.15, 0.2) is 0 Å². The quantitative estimate of drug-likeness (QED) is 0.662. The predicted molar refractivity (Wildman–Crippen MR) is 40.9 cm³/mol. The van der Waals surface area contributed by atoms with Gasteiger partial charge in [-0.3, -0.25) is 5.10 Å². The molecule has 1 aromatic rings. The van der Waals surface area contributed by atoms with Crippen LogP contribution in [0.3, 0.4) is 0 Å². The molecule has 0 saturated carbocycles. The number of nitrogens with one attached hydrogen (secondary N) is 1. The van der Waals surface area contributed by atoms with Crippen LogP contribution in [-0.4, -0.2) is 16.8 Å². The maximum atomic E-state index is 13.1. The zero-order chi connectivity index (χ0) is 8.55. The Balaban J connectivity index is 2.26. The lowest BCUT2D eigenvalue weighted by Gasteiger charge is -2.04. The lowest BCUT2D eigenvalue weighted by molar-refractivity contribution is 0.105. The van der Waals surface area contributed by atoms with Crippen LogP contribution in [0, 0.1) is 5.82 Å². The van der Waals surface area contributed by atoms with Crippen molar-refractivity contribution >= 4 is 5.82 Å². The lowest BCUT2D eigenvalue weighted by Crippen LogP contribution is -1.99. The number of hydrogen-bond acceptors (Lipinski definition) is 3. The number of rotatable bonds is 1.